The number of sulfonamides is 1. The molecule has 0 saturated heterocycles. The highest BCUT2D eigenvalue weighted by Gasteiger charge is 2.18. The summed E-state index contributed by atoms with van der Waals surface area (Å²) in [5, 5.41) is 1.72. The highest BCUT2D eigenvalue weighted by molar-refractivity contribution is 9.10. The number of hydrogen-bond acceptors (Lipinski definition) is 4. The molecular formula is C9H8BrNO3S2. The summed E-state index contributed by atoms with van der Waals surface area (Å²) in [5.74, 6) is 0. The van der Waals surface area contributed by atoms with Crippen LogP contribution < -0.4 is 4.72 Å². The van der Waals surface area contributed by atoms with Crippen molar-refractivity contribution >= 4 is 37.3 Å². The van der Waals surface area contributed by atoms with Crippen LogP contribution in [0.1, 0.15) is 5.56 Å². The fourth-order valence-corrected chi connectivity index (χ4v) is 4.51. The molecule has 0 unspecified atom stereocenters. The van der Waals surface area contributed by atoms with E-state index in [1.54, 1.807) is 17.5 Å². The van der Waals surface area contributed by atoms with Gasteiger partial charge in [-0.3, -0.25) is 0 Å². The summed E-state index contributed by atoms with van der Waals surface area (Å²) in [4.78, 5) is 0. The Morgan fingerprint density at radius 1 is 1.44 bits per heavy atom. The third-order valence-electron chi connectivity index (χ3n) is 1.87. The van der Waals surface area contributed by atoms with Crippen molar-refractivity contribution in [3.8, 4) is 0 Å². The number of rotatable bonds is 4. The Hall–Kier alpha value is -0.630. The van der Waals surface area contributed by atoms with Crippen LogP contribution in [0.3, 0.4) is 0 Å². The topological polar surface area (TPSA) is 59.3 Å². The van der Waals surface area contributed by atoms with Crippen LogP contribution in [-0.4, -0.2) is 8.42 Å². The van der Waals surface area contributed by atoms with E-state index in [1.165, 1.54) is 23.9 Å². The van der Waals surface area contributed by atoms with Crippen LogP contribution in [0.4, 0.5) is 0 Å². The van der Waals surface area contributed by atoms with Gasteiger partial charge in [-0.15, -0.1) is 11.3 Å². The first-order chi connectivity index (χ1) is 7.59. The molecule has 2 aromatic rings. The van der Waals surface area contributed by atoms with Crippen molar-refractivity contribution in [3.05, 3.63) is 40.1 Å². The second-order valence-electron chi connectivity index (χ2n) is 3.01. The van der Waals surface area contributed by atoms with Crippen molar-refractivity contribution < 1.29 is 12.8 Å². The normalized spacial score (nSPS) is 11.8. The molecule has 0 aliphatic carbocycles. The second kappa shape index (κ2) is 4.70. The van der Waals surface area contributed by atoms with Crippen LogP contribution in [0, 0.1) is 0 Å². The van der Waals surface area contributed by atoms with Crippen molar-refractivity contribution in [1.29, 1.82) is 0 Å². The van der Waals surface area contributed by atoms with Crippen LogP contribution >= 0.6 is 27.3 Å². The Kier molecular flexibility index (Phi) is 3.48. The van der Waals surface area contributed by atoms with E-state index in [2.05, 4.69) is 20.7 Å². The summed E-state index contributed by atoms with van der Waals surface area (Å²) in [6, 6.07) is 3.42. The summed E-state index contributed by atoms with van der Waals surface area (Å²) in [6.45, 7) is 0.225. The molecule has 0 aromatic carbocycles. The van der Waals surface area contributed by atoms with Crippen LogP contribution in [0.25, 0.3) is 0 Å². The molecule has 2 aromatic heterocycles. The zero-order valence-corrected chi connectivity index (χ0v) is 11.2. The standard InChI is InChI=1S/C9H8BrNO3S2/c10-8-2-4-15-9(8)16(12,13)11-5-7-1-3-14-6-7/h1-4,6,11H,5H2. The maximum absolute atomic E-state index is 11.8. The van der Waals surface area contributed by atoms with E-state index in [0.717, 1.165) is 5.56 Å². The van der Waals surface area contributed by atoms with Gasteiger partial charge in [-0.05, 0) is 33.4 Å². The maximum Gasteiger partial charge on any atom is 0.251 e. The summed E-state index contributed by atoms with van der Waals surface area (Å²) in [6.07, 6.45) is 3.01. The molecule has 4 nitrogen and oxygen atoms in total. The van der Waals surface area contributed by atoms with Gasteiger partial charge in [0.15, 0.2) is 0 Å². The minimum absolute atomic E-state index is 0.225. The molecule has 0 spiro atoms. The largest absolute Gasteiger partial charge is 0.472 e. The van der Waals surface area contributed by atoms with Gasteiger partial charge in [0, 0.05) is 16.6 Å². The summed E-state index contributed by atoms with van der Waals surface area (Å²) in [7, 11) is -3.44. The van der Waals surface area contributed by atoms with E-state index < -0.39 is 10.0 Å². The average molecular weight is 322 g/mol. The first kappa shape index (κ1) is 11.8. The lowest BCUT2D eigenvalue weighted by Gasteiger charge is -2.03. The molecule has 0 radical (unpaired) electrons. The first-order valence-corrected chi connectivity index (χ1v) is 7.49. The van der Waals surface area contributed by atoms with E-state index in [0.29, 0.717) is 4.47 Å². The predicted molar refractivity (Wildman–Crippen MR) is 64.8 cm³/mol. The number of nitrogens with one attached hydrogen (secondary N) is 1. The predicted octanol–water partition coefficient (Wildman–Crippen LogP) is 2.58. The van der Waals surface area contributed by atoms with Crippen molar-refractivity contribution in [2.24, 2.45) is 0 Å². The molecular weight excluding hydrogens is 314 g/mol. The van der Waals surface area contributed by atoms with Crippen LogP contribution in [-0.2, 0) is 16.6 Å². The third-order valence-corrected chi connectivity index (χ3v) is 5.95. The lowest BCUT2D eigenvalue weighted by molar-refractivity contribution is 0.561. The van der Waals surface area contributed by atoms with Crippen LogP contribution in [0.5, 0.6) is 0 Å². The zero-order chi connectivity index (χ0) is 11.6. The summed E-state index contributed by atoms with van der Waals surface area (Å²) >= 11 is 4.37. The van der Waals surface area contributed by atoms with E-state index in [-0.39, 0.29) is 10.8 Å². The van der Waals surface area contributed by atoms with Crippen molar-refractivity contribution in [1.82, 2.24) is 4.72 Å². The lowest BCUT2D eigenvalue weighted by Crippen LogP contribution is -2.22. The molecule has 7 heteroatoms. The van der Waals surface area contributed by atoms with Gasteiger partial charge in [-0.1, -0.05) is 0 Å². The monoisotopic (exact) mass is 321 g/mol. The van der Waals surface area contributed by atoms with Gasteiger partial charge in [0.05, 0.1) is 12.5 Å². The van der Waals surface area contributed by atoms with E-state index in [1.807, 2.05) is 0 Å². The van der Waals surface area contributed by atoms with Gasteiger partial charge < -0.3 is 4.42 Å². The zero-order valence-electron chi connectivity index (χ0n) is 8.01. The molecule has 0 aliphatic rings. The molecule has 2 heterocycles. The van der Waals surface area contributed by atoms with Gasteiger partial charge in [0.2, 0.25) is 0 Å². The Morgan fingerprint density at radius 2 is 2.25 bits per heavy atom. The molecule has 1 N–H and O–H groups in total. The Morgan fingerprint density at radius 3 is 2.81 bits per heavy atom. The van der Waals surface area contributed by atoms with E-state index in [9.17, 15) is 8.42 Å². The Bertz CT molecular complexity index is 559. The van der Waals surface area contributed by atoms with Gasteiger partial charge in [0.1, 0.15) is 4.21 Å². The molecule has 86 valence electrons. The highest BCUT2D eigenvalue weighted by Crippen LogP contribution is 2.27. The van der Waals surface area contributed by atoms with Crippen LogP contribution in [0.2, 0.25) is 0 Å². The molecule has 16 heavy (non-hydrogen) atoms. The smallest absolute Gasteiger partial charge is 0.251 e. The summed E-state index contributed by atoms with van der Waals surface area (Å²) in [5.41, 5.74) is 0.788. The SMILES string of the molecule is O=S(=O)(NCc1ccoc1)c1sccc1Br. The number of thiophene rings is 1. The highest BCUT2D eigenvalue weighted by atomic mass is 79.9. The van der Waals surface area contributed by atoms with Gasteiger partial charge in [0.25, 0.3) is 10.0 Å². The molecule has 0 saturated carbocycles. The maximum atomic E-state index is 11.8. The van der Waals surface area contributed by atoms with Gasteiger partial charge in [-0.2, -0.15) is 0 Å². The Labute approximate surface area is 105 Å². The van der Waals surface area contributed by atoms with Crippen molar-refractivity contribution in [3.63, 3.8) is 0 Å². The Balaban J connectivity index is 2.13. The minimum atomic E-state index is -3.44. The van der Waals surface area contributed by atoms with Crippen LogP contribution in [0.15, 0.2) is 43.1 Å². The fraction of sp³-hybridized carbons (Fsp3) is 0.111. The number of furan rings is 1. The minimum Gasteiger partial charge on any atom is -0.472 e. The average Bonchev–Trinajstić information content (AvgIpc) is 2.85. The van der Waals surface area contributed by atoms with Crippen molar-refractivity contribution in [2.45, 2.75) is 10.8 Å². The molecule has 0 aliphatic heterocycles. The van der Waals surface area contributed by atoms with E-state index >= 15 is 0 Å². The molecule has 0 atom stereocenters. The quantitative estimate of drug-likeness (QED) is 0.941. The lowest BCUT2D eigenvalue weighted by atomic mass is 10.4. The molecule has 2 rings (SSSR count). The van der Waals surface area contributed by atoms with Gasteiger partial charge in [-0.25, -0.2) is 13.1 Å². The third kappa shape index (κ3) is 2.54. The van der Waals surface area contributed by atoms with E-state index in [4.69, 9.17) is 4.42 Å². The number of hydrogen-bond donors (Lipinski definition) is 1. The molecule has 0 amide bonds. The second-order valence-corrected chi connectivity index (χ2v) is 6.74. The van der Waals surface area contributed by atoms with Crippen molar-refractivity contribution in [2.75, 3.05) is 0 Å². The van der Waals surface area contributed by atoms with Gasteiger partial charge >= 0.3 is 0 Å². The first-order valence-electron chi connectivity index (χ1n) is 4.33. The fourth-order valence-electron chi connectivity index (χ4n) is 1.11. The molecule has 0 bridgehead atoms. The molecule has 0 fully saturated rings. The number of halogens is 1. The summed E-state index contributed by atoms with van der Waals surface area (Å²) < 4.78 is 31.9.